The van der Waals surface area contributed by atoms with Crippen LogP contribution in [0.5, 0.6) is 0 Å². The fourth-order valence-corrected chi connectivity index (χ4v) is 3.69. The van der Waals surface area contributed by atoms with E-state index in [0.717, 1.165) is 21.8 Å². The lowest BCUT2D eigenvalue weighted by Crippen LogP contribution is -2.40. The highest BCUT2D eigenvalue weighted by molar-refractivity contribution is 6.31. The highest BCUT2D eigenvalue weighted by Gasteiger charge is 2.25. The molecule has 3 amide bonds. The van der Waals surface area contributed by atoms with Gasteiger partial charge in [0.15, 0.2) is 0 Å². The normalized spacial score (nSPS) is 10.8. The van der Waals surface area contributed by atoms with Gasteiger partial charge in [-0.15, -0.1) is 0 Å². The Morgan fingerprint density at radius 1 is 1.00 bits per heavy atom. The summed E-state index contributed by atoms with van der Waals surface area (Å²) in [4.78, 5) is 27.8. The molecular weight excluding hydrogens is 488 g/mol. The number of amides is 3. The van der Waals surface area contributed by atoms with Crippen molar-refractivity contribution in [3.05, 3.63) is 125 Å². The van der Waals surface area contributed by atoms with E-state index in [1.54, 1.807) is 78.2 Å². The lowest BCUT2D eigenvalue weighted by atomic mass is 10.1. The molecule has 8 heteroatoms. The summed E-state index contributed by atoms with van der Waals surface area (Å²) in [6.07, 6.45) is 5.02. The summed E-state index contributed by atoms with van der Waals surface area (Å²) in [6.45, 7) is 4.29. The number of hydrazone groups is 1. The molecule has 1 heterocycles. The Hall–Kier alpha value is -4.62. The van der Waals surface area contributed by atoms with Crippen LogP contribution >= 0.6 is 11.6 Å². The molecule has 0 aliphatic heterocycles. The van der Waals surface area contributed by atoms with E-state index in [9.17, 15) is 9.59 Å². The van der Waals surface area contributed by atoms with Gasteiger partial charge in [0.05, 0.1) is 24.7 Å². The van der Waals surface area contributed by atoms with E-state index in [2.05, 4.69) is 17.0 Å². The van der Waals surface area contributed by atoms with Gasteiger partial charge >= 0.3 is 6.03 Å². The summed E-state index contributed by atoms with van der Waals surface area (Å²) in [7, 11) is 1.85. The van der Waals surface area contributed by atoms with Crippen LogP contribution in [0.15, 0.2) is 107 Å². The van der Waals surface area contributed by atoms with Crippen molar-refractivity contribution in [3.63, 3.8) is 0 Å². The van der Waals surface area contributed by atoms with Crippen molar-refractivity contribution in [1.29, 1.82) is 0 Å². The first kappa shape index (κ1) is 25.5. The predicted molar refractivity (Wildman–Crippen MR) is 148 cm³/mol. The summed E-state index contributed by atoms with van der Waals surface area (Å²) in [5.74, 6) is 0.309. The molecule has 186 valence electrons. The van der Waals surface area contributed by atoms with Gasteiger partial charge in [-0.1, -0.05) is 54.6 Å². The van der Waals surface area contributed by atoms with Gasteiger partial charge in [-0.05, 0) is 65.7 Å². The molecular formula is C29H25ClN4O3. The van der Waals surface area contributed by atoms with Crippen molar-refractivity contribution < 1.29 is 14.0 Å². The molecule has 0 saturated carbocycles. The van der Waals surface area contributed by atoms with E-state index in [0.29, 0.717) is 28.5 Å². The quantitative estimate of drug-likeness (QED) is 0.205. The number of rotatable bonds is 8. The van der Waals surface area contributed by atoms with Crippen LogP contribution in [-0.4, -0.2) is 30.2 Å². The first-order chi connectivity index (χ1) is 17.9. The van der Waals surface area contributed by atoms with Crippen molar-refractivity contribution in [2.75, 3.05) is 17.3 Å². The molecule has 1 N–H and O–H groups in total. The number of benzene rings is 3. The minimum absolute atomic E-state index is 0.292. The smallest absolute Gasteiger partial charge is 0.333 e. The van der Waals surface area contributed by atoms with Gasteiger partial charge < -0.3 is 9.73 Å². The second kappa shape index (κ2) is 11.9. The molecule has 4 aromatic rings. The fourth-order valence-electron chi connectivity index (χ4n) is 3.50. The number of furan rings is 1. The topological polar surface area (TPSA) is 78.2 Å². The Morgan fingerprint density at radius 3 is 2.38 bits per heavy atom. The van der Waals surface area contributed by atoms with Gasteiger partial charge in [0.25, 0.3) is 5.91 Å². The molecule has 1 aromatic heterocycles. The zero-order valence-corrected chi connectivity index (χ0v) is 20.9. The summed E-state index contributed by atoms with van der Waals surface area (Å²) < 4.78 is 5.33. The van der Waals surface area contributed by atoms with Gasteiger partial charge in [-0.2, -0.15) is 5.10 Å². The van der Waals surface area contributed by atoms with E-state index in [1.807, 2.05) is 31.3 Å². The third-order valence-electron chi connectivity index (χ3n) is 5.40. The maximum atomic E-state index is 13.4. The third kappa shape index (κ3) is 6.74. The number of carbonyl (C=O) groups excluding carboxylic acids is 2. The second-order valence-corrected chi connectivity index (χ2v) is 8.57. The van der Waals surface area contributed by atoms with Crippen LogP contribution in [-0.2, 0) is 6.54 Å². The van der Waals surface area contributed by atoms with E-state index in [1.165, 1.54) is 6.07 Å². The molecule has 0 aliphatic carbocycles. The molecule has 7 nitrogen and oxygen atoms in total. The molecule has 3 aromatic carbocycles. The Balaban J connectivity index is 1.50. The molecule has 0 aliphatic rings. The zero-order valence-electron chi connectivity index (χ0n) is 20.2. The van der Waals surface area contributed by atoms with Crippen LogP contribution in [0.2, 0.25) is 5.02 Å². The van der Waals surface area contributed by atoms with Crippen molar-refractivity contribution in [2.24, 2.45) is 5.10 Å². The molecule has 0 bridgehead atoms. The zero-order chi connectivity index (χ0) is 26.2. The Morgan fingerprint density at radius 2 is 1.73 bits per heavy atom. The predicted octanol–water partition coefficient (Wildman–Crippen LogP) is 6.92. The standard InChI is InChI=1S/C29H25ClN4O3/c1-3-21-11-15-26(16-12-21)34(28(35)23-6-4-7-24(30)18-23)29(36)32-25-13-9-22(10-14-25)19-31-33(2)20-27-8-5-17-37-27/h3-19H,1,20H2,2H3,(H,32,36). The van der Waals surface area contributed by atoms with Gasteiger partial charge in [0, 0.05) is 23.3 Å². The minimum Gasteiger partial charge on any atom is -0.467 e. The highest BCUT2D eigenvalue weighted by atomic mass is 35.5. The van der Waals surface area contributed by atoms with Crippen LogP contribution in [0.3, 0.4) is 0 Å². The number of urea groups is 1. The first-order valence-electron chi connectivity index (χ1n) is 11.4. The lowest BCUT2D eigenvalue weighted by Gasteiger charge is -2.22. The van der Waals surface area contributed by atoms with Crippen LogP contribution in [0.25, 0.3) is 6.08 Å². The number of imide groups is 1. The van der Waals surface area contributed by atoms with Crippen molar-refractivity contribution in [2.45, 2.75) is 6.54 Å². The number of hydrogen-bond donors (Lipinski definition) is 1. The molecule has 37 heavy (non-hydrogen) atoms. The number of hydrogen-bond acceptors (Lipinski definition) is 5. The van der Waals surface area contributed by atoms with E-state index in [-0.39, 0.29) is 0 Å². The molecule has 0 fully saturated rings. The molecule has 0 radical (unpaired) electrons. The molecule has 0 saturated heterocycles. The Labute approximate surface area is 220 Å². The molecule has 0 unspecified atom stereocenters. The number of nitrogens with one attached hydrogen (secondary N) is 1. The summed E-state index contributed by atoms with van der Waals surface area (Å²) >= 11 is 6.08. The van der Waals surface area contributed by atoms with Gasteiger partial charge in [-0.3, -0.25) is 9.80 Å². The number of carbonyl (C=O) groups is 2. The minimum atomic E-state index is -0.601. The first-order valence-corrected chi connectivity index (χ1v) is 11.8. The van der Waals surface area contributed by atoms with E-state index < -0.39 is 11.9 Å². The molecule has 0 spiro atoms. The highest BCUT2D eigenvalue weighted by Crippen LogP contribution is 2.22. The summed E-state index contributed by atoms with van der Waals surface area (Å²) in [5.41, 5.74) is 2.94. The van der Waals surface area contributed by atoms with Gasteiger partial charge in [-0.25, -0.2) is 9.69 Å². The maximum absolute atomic E-state index is 13.4. The molecule has 4 rings (SSSR count). The lowest BCUT2D eigenvalue weighted by molar-refractivity contribution is 0.0995. The van der Waals surface area contributed by atoms with Crippen LogP contribution < -0.4 is 10.2 Å². The van der Waals surface area contributed by atoms with Crippen LogP contribution in [0.1, 0.15) is 27.2 Å². The SMILES string of the molecule is C=Cc1ccc(N(C(=O)Nc2ccc(C=NN(C)Cc3ccco3)cc2)C(=O)c2cccc(Cl)c2)cc1. The summed E-state index contributed by atoms with van der Waals surface area (Å²) in [5, 5.41) is 9.36. The van der Waals surface area contributed by atoms with E-state index >= 15 is 0 Å². The number of halogens is 1. The average Bonchev–Trinajstić information content (AvgIpc) is 3.42. The maximum Gasteiger partial charge on any atom is 0.333 e. The number of anilines is 2. The Bertz CT molecular complexity index is 1400. The van der Waals surface area contributed by atoms with Crippen LogP contribution in [0, 0.1) is 0 Å². The van der Waals surface area contributed by atoms with Gasteiger partial charge in [0.1, 0.15) is 5.76 Å². The Kier molecular flexibility index (Phi) is 8.18. The van der Waals surface area contributed by atoms with Crippen molar-refractivity contribution in [3.8, 4) is 0 Å². The van der Waals surface area contributed by atoms with Crippen LogP contribution in [0.4, 0.5) is 16.2 Å². The van der Waals surface area contributed by atoms with Crippen molar-refractivity contribution in [1.82, 2.24) is 5.01 Å². The third-order valence-corrected chi connectivity index (χ3v) is 5.63. The number of nitrogens with zero attached hydrogens (tertiary/aromatic N) is 3. The van der Waals surface area contributed by atoms with Gasteiger partial charge in [0.2, 0.25) is 0 Å². The van der Waals surface area contributed by atoms with Crippen molar-refractivity contribution >= 4 is 47.2 Å². The van der Waals surface area contributed by atoms with E-state index in [4.69, 9.17) is 16.0 Å². The second-order valence-electron chi connectivity index (χ2n) is 8.14. The average molecular weight is 513 g/mol. The fraction of sp³-hybridized carbons (Fsp3) is 0.0690. The largest absolute Gasteiger partial charge is 0.467 e. The monoisotopic (exact) mass is 512 g/mol. The summed E-state index contributed by atoms with van der Waals surface area (Å²) in [6, 6.07) is 23.7. The molecule has 0 atom stereocenters.